The van der Waals surface area contributed by atoms with Crippen molar-refractivity contribution in [3.8, 4) is 0 Å². The average Bonchev–Trinajstić information content (AvgIpc) is 3.03. The van der Waals surface area contributed by atoms with Crippen molar-refractivity contribution in [1.29, 1.82) is 0 Å². The van der Waals surface area contributed by atoms with E-state index < -0.39 is 42.1 Å². The minimum atomic E-state index is -4.71. The molecule has 1 N–H and O–H groups in total. The van der Waals surface area contributed by atoms with Crippen molar-refractivity contribution < 1.29 is 36.6 Å². The van der Waals surface area contributed by atoms with Crippen LogP contribution < -0.4 is 0 Å². The van der Waals surface area contributed by atoms with Gasteiger partial charge >= 0.3 is 12.1 Å². The van der Waals surface area contributed by atoms with E-state index in [0.717, 1.165) is 13.8 Å². The Morgan fingerprint density at radius 3 is 2.24 bits per heavy atom. The fourth-order valence-corrected chi connectivity index (χ4v) is 4.15. The first-order valence-corrected chi connectivity index (χ1v) is 8.60. The smallest absolute Gasteiger partial charge is 0.404 e. The number of esters is 1. The van der Waals surface area contributed by atoms with Crippen molar-refractivity contribution in [3.05, 3.63) is 0 Å². The zero-order valence-corrected chi connectivity index (χ0v) is 14.6. The summed E-state index contributed by atoms with van der Waals surface area (Å²) in [4.78, 5) is 12.2. The van der Waals surface area contributed by atoms with Gasteiger partial charge in [-0.05, 0) is 63.7 Å². The summed E-state index contributed by atoms with van der Waals surface area (Å²) in [5, 5.41) is 9.82. The predicted molar refractivity (Wildman–Crippen MR) is 79.9 cm³/mol. The van der Waals surface area contributed by atoms with Gasteiger partial charge in [0.15, 0.2) is 5.41 Å². The molecule has 25 heavy (non-hydrogen) atoms. The SMILES string of the molecule is CCC(C)(C(=O)OC1CC2CC(CC(C)(O)C(F)F)C1C2)C(F)(F)F. The highest BCUT2D eigenvalue weighted by atomic mass is 19.4. The van der Waals surface area contributed by atoms with Crippen LogP contribution >= 0.6 is 0 Å². The normalized spacial score (nSPS) is 34.0. The van der Waals surface area contributed by atoms with Gasteiger partial charge in [-0.1, -0.05) is 6.92 Å². The standard InChI is InChI=1S/C17H25F5O3/c1-4-15(2,17(20,21)22)14(23)25-12-7-9-5-10(11(12)6-9)8-16(3,24)13(18)19/h9-13,24H,4-8H2,1-3H3. The molecule has 2 rings (SSSR count). The van der Waals surface area contributed by atoms with E-state index in [9.17, 15) is 31.9 Å². The van der Waals surface area contributed by atoms with Crippen molar-refractivity contribution in [3.63, 3.8) is 0 Å². The first-order chi connectivity index (χ1) is 11.3. The molecule has 2 fully saturated rings. The summed E-state index contributed by atoms with van der Waals surface area (Å²) >= 11 is 0. The molecule has 0 aromatic heterocycles. The second-order valence-electron chi connectivity index (χ2n) is 7.99. The molecule has 2 saturated carbocycles. The molecular formula is C17H25F5O3. The maximum absolute atomic E-state index is 13.2. The van der Waals surface area contributed by atoms with Gasteiger partial charge in [-0.2, -0.15) is 13.2 Å². The van der Waals surface area contributed by atoms with Gasteiger partial charge in [0.2, 0.25) is 0 Å². The van der Waals surface area contributed by atoms with Crippen LogP contribution in [0.2, 0.25) is 0 Å². The molecule has 0 saturated heterocycles. The van der Waals surface area contributed by atoms with Crippen LogP contribution in [0.1, 0.15) is 52.9 Å². The van der Waals surface area contributed by atoms with E-state index >= 15 is 0 Å². The van der Waals surface area contributed by atoms with Crippen LogP contribution in [-0.4, -0.2) is 35.4 Å². The van der Waals surface area contributed by atoms with Gasteiger partial charge < -0.3 is 9.84 Å². The summed E-state index contributed by atoms with van der Waals surface area (Å²) in [5.41, 5.74) is -4.72. The number of hydrogen-bond donors (Lipinski definition) is 1. The van der Waals surface area contributed by atoms with Gasteiger partial charge in [-0.15, -0.1) is 0 Å². The van der Waals surface area contributed by atoms with Gasteiger partial charge in [0.1, 0.15) is 11.7 Å². The monoisotopic (exact) mass is 372 g/mol. The molecule has 0 aromatic carbocycles. The number of alkyl halides is 5. The summed E-state index contributed by atoms with van der Waals surface area (Å²) in [6, 6.07) is 0. The van der Waals surface area contributed by atoms with Gasteiger partial charge in [-0.25, -0.2) is 8.78 Å². The third-order valence-corrected chi connectivity index (χ3v) is 6.08. The molecule has 0 amide bonds. The molecule has 2 aliphatic rings. The van der Waals surface area contributed by atoms with Crippen molar-refractivity contribution in [2.45, 2.75) is 77.2 Å². The number of rotatable bonds is 6. The van der Waals surface area contributed by atoms with E-state index in [4.69, 9.17) is 4.74 Å². The quantitative estimate of drug-likeness (QED) is 0.558. The molecule has 6 unspecified atom stereocenters. The Morgan fingerprint density at radius 2 is 1.80 bits per heavy atom. The molecule has 0 radical (unpaired) electrons. The molecule has 146 valence electrons. The van der Waals surface area contributed by atoms with Gasteiger partial charge in [0.25, 0.3) is 6.43 Å². The number of ether oxygens (including phenoxy) is 1. The summed E-state index contributed by atoms with van der Waals surface area (Å²) in [6.07, 6.45) is -7.16. The summed E-state index contributed by atoms with van der Waals surface area (Å²) in [6.45, 7) is 3.16. The van der Waals surface area contributed by atoms with E-state index in [2.05, 4.69) is 0 Å². The lowest BCUT2D eigenvalue weighted by molar-refractivity contribution is -0.234. The second kappa shape index (κ2) is 6.67. The van der Waals surface area contributed by atoms with Crippen molar-refractivity contribution in [1.82, 2.24) is 0 Å². The van der Waals surface area contributed by atoms with E-state index in [1.807, 2.05) is 0 Å². The van der Waals surface area contributed by atoms with Crippen LogP contribution in [0.25, 0.3) is 0 Å². The first-order valence-electron chi connectivity index (χ1n) is 8.60. The van der Waals surface area contributed by atoms with Gasteiger partial charge in [0, 0.05) is 0 Å². The Morgan fingerprint density at radius 1 is 1.20 bits per heavy atom. The van der Waals surface area contributed by atoms with Crippen LogP contribution in [0.15, 0.2) is 0 Å². The Kier molecular flexibility index (Phi) is 5.44. The molecule has 0 heterocycles. The minimum absolute atomic E-state index is 0.139. The molecule has 0 aromatic rings. The highest BCUT2D eigenvalue weighted by molar-refractivity contribution is 5.77. The second-order valence-corrected chi connectivity index (χ2v) is 7.99. The Balaban J connectivity index is 2.06. The molecule has 6 atom stereocenters. The summed E-state index contributed by atoms with van der Waals surface area (Å²) < 4.78 is 70.5. The predicted octanol–water partition coefficient (Wildman–Crippen LogP) is 4.33. The van der Waals surface area contributed by atoms with E-state index in [0.29, 0.717) is 19.3 Å². The number of carbonyl (C=O) groups excluding carboxylic acids is 1. The van der Waals surface area contributed by atoms with Crippen LogP contribution in [0, 0.1) is 23.2 Å². The molecular weight excluding hydrogens is 347 g/mol. The lowest BCUT2D eigenvalue weighted by atomic mass is 9.79. The fraction of sp³-hybridized carbons (Fsp3) is 0.941. The maximum Gasteiger partial charge on any atom is 0.404 e. The highest BCUT2D eigenvalue weighted by Crippen LogP contribution is 2.53. The molecule has 0 spiro atoms. The lowest BCUT2D eigenvalue weighted by Crippen LogP contribution is -2.46. The maximum atomic E-state index is 13.2. The Hall–Kier alpha value is -0.920. The molecule has 2 aliphatic carbocycles. The largest absolute Gasteiger partial charge is 0.461 e. The summed E-state index contributed by atoms with van der Waals surface area (Å²) in [7, 11) is 0. The molecule has 0 aliphatic heterocycles. The van der Waals surface area contributed by atoms with Crippen LogP contribution in [0.3, 0.4) is 0 Å². The van der Waals surface area contributed by atoms with Gasteiger partial charge in [-0.3, -0.25) is 4.79 Å². The van der Waals surface area contributed by atoms with E-state index in [1.165, 1.54) is 6.92 Å². The van der Waals surface area contributed by atoms with Crippen LogP contribution in [0.5, 0.6) is 0 Å². The molecule has 2 bridgehead atoms. The van der Waals surface area contributed by atoms with Gasteiger partial charge in [0.05, 0.1) is 0 Å². The Bertz CT molecular complexity index is 505. The van der Waals surface area contributed by atoms with Crippen LogP contribution in [-0.2, 0) is 9.53 Å². The zero-order chi connectivity index (χ0) is 19.2. The number of hydrogen-bond acceptors (Lipinski definition) is 3. The number of halogens is 5. The highest BCUT2D eigenvalue weighted by Gasteiger charge is 2.58. The number of carbonyl (C=O) groups is 1. The van der Waals surface area contributed by atoms with Crippen molar-refractivity contribution >= 4 is 5.97 Å². The van der Waals surface area contributed by atoms with E-state index in [1.54, 1.807) is 0 Å². The summed E-state index contributed by atoms with van der Waals surface area (Å²) in [5.74, 6) is -1.72. The molecule has 3 nitrogen and oxygen atoms in total. The third kappa shape index (κ3) is 3.78. The van der Waals surface area contributed by atoms with Crippen molar-refractivity contribution in [2.75, 3.05) is 0 Å². The topological polar surface area (TPSA) is 46.5 Å². The minimum Gasteiger partial charge on any atom is -0.461 e. The van der Waals surface area contributed by atoms with Crippen LogP contribution in [0.4, 0.5) is 22.0 Å². The first kappa shape index (κ1) is 20.4. The van der Waals surface area contributed by atoms with E-state index in [-0.39, 0.29) is 24.2 Å². The average molecular weight is 372 g/mol. The Labute approximate surface area is 143 Å². The fourth-order valence-electron chi connectivity index (χ4n) is 4.15. The lowest BCUT2D eigenvalue weighted by Gasteiger charge is -2.36. The number of aliphatic hydroxyl groups is 1. The van der Waals surface area contributed by atoms with Crippen molar-refractivity contribution in [2.24, 2.45) is 23.2 Å². The molecule has 8 heteroatoms. The zero-order valence-electron chi connectivity index (χ0n) is 14.6. The third-order valence-electron chi connectivity index (χ3n) is 6.08. The number of fused-ring (bicyclic) bond motifs is 2.